The molecule has 5 nitrogen and oxygen atoms in total. The number of rotatable bonds is 6. The SMILES string of the molecule is CC(CNC(=O)COc1ccc(Br)cc1)N1CCOCC1. The molecule has 2 rings (SSSR count). The summed E-state index contributed by atoms with van der Waals surface area (Å²) < 4.78 is 11.7. The zero-order valence-corrected chi connectivity index (χ0v) is 13.8. The van der Waals surface area contributed by atoms with Gasteiger partial charge in [0.1, 0.15) is 5.75 Å². The Balaban J connectivity index is 1.66. The van der Waals surface area contributed by atoms with Gasteiger partial charge in [0.25, 0.3) is 5.91 Å². The molecule has 116 valence electrons. The number of ether oxygens (including phenoxy) is 2. The normalized spacial score (nSPS) is 17.2. The monoisotopic (exact) mass is 356 g/mol. The highest BCUT2D eigenvalue weighted by Crippen LogP contribution is 2.15. The molecule has 1 heterocycles. The van der Waals surface area contributed by atoms with E-state index in [1.54, 1.807) is 0 Å². The van der Waals surface area contributed by atoms with Crippen LogP contribution < -0.4 is 10.1 Å². The molecule has 1 atom stereocenters. The summed E-state index contributed by atoms with van der Waals surface area (Å²) >= 11 is 3.36. The van der Waals surface area contributed by atoms with Crippen molar-refractivity contribution in [2.24, 2.45) is 0 Å². The highest BCUT2D eigenvalue weighted by Gasteiger charge is 2.17. The van der Waals surface area contributed by atoms with E-state index in [2.05, 4.69) is 33.1 Å². The van der Waals surface area contributed by atoms with Crippen molar-refractivity contribution in [1.29, 1.82) is 0 Å². The Bertz CT molecular complexity index is 447. The maximum Gasteiger partial charge on any atom is 0.257 e. The van der Waals surface area contributed by atoms with Crippen LogP contribution in [-0.4, -0.2) is 56.3 Å². The lowest BCUT2D eigenvalue weighted by atomic mass is 10.2. The van der Waals surface area contributed by atoms with Crippen molar-refractivity contribution in [3.63, 3.8) is 0 Å². The number of carbonyl (C=O) groups excluding carboxylic acids is 1. The van der Waals surface area contributed by atoms with E-state index in [1.807, 2.05) is 24.3 Å². The van der Waals surface area contributed by atoms with Gasteiger partial charge in [-0.1, -0.05) is 15.9 Å². The lowest BCUT2D eigenvalue weighted by molar-refractivity contribution is -0.123. The first-order valence-corrected chi connectivity index (χ1v) is 7.91. The summed E-state index contributed by atoms with van der Waals surface area (Å²) in [6.07, 6.45) is 0. The third-order valence-electron chi connectivity index (χ3n) is 3.45. The van der Waals surface area contributed by atoms with E-state index in [0.29, 0.717) is 18.3 Å². The second-order valence-corrected chi connectivity index (χ2v) is 5.96. The smallest absolute Gasteiger partial charge is 0.257 e. The first-order chi connectivity index (χ1) is 10.1. The third kappa shape index (κ3) is 5.65. The van der Waals surface area contributed by atoms with Crippen LogP contribution in [-0.2, 0) is 9.53 Å². The topological polar surface area (TPSA) is 50.8 Å². The molecule has 0 radical (unpaired) electrons. The molecule has 0 aromatic heterocycles. The molecule has 1 N–H and O–H groups in total. The number of benzene rings is 1. The molecular weight excluding hydrogens is 336 g/mol. The number of morpholine rings is 1. The summed E-state index contributed by atoms with van der Waals surface area (Å²) in [6.45, 7) is 6.16. The average molecular weight is 357 g/mol. The van der Waals surface area contributed by atoms with Crippen LogP contribution in [0.3, 0.4) is 0 Å². The Labute approximate surface area is 133 Å². The first-order valence-electron chi connectivity index (χ1n) is 7.12. The number of amides is 1. The summed E-state index contributed by atoms with van der Waals surface area (Å²) in [5.74, 6) is 0.590. The molecule has 6 heteroatoms. The number of hydrogen-bond donors (Lipinski definition) is 1. The lowest BCUT2D eigenvalue weighted by Crippen LogP contribution is -2.47. The van der Waals surface area contributed by atoms with Gasteiger partial charge in [-0.05, 0) is 31.2 Å². The van der Waals surface area contributed by atoms with E-state index in [1.165, 1.54) is 0 Å². The maximum absolute atomic E-state index is 11.8. The van der Waals surface area contributed by atoms with E-state index in [4.69, 9.17) is 9.47 Å². The van der Waals surface area contributed by atoms with Gasteiger partial charge < -0.3 is 14.8 Å². The summed E-state index contributed by atoms with van der Waals surface area (Å²) in [5, 5.41) is 2.91. The zero-order valence-electron chi connectivity index (χ0n) is 12.2. The number of halogens is 1. The molecule has 0 saturated carbocycles. The Kier molecular flexibility index (Phi) is 6.48. The molecule has 0 bridgehead atoms. The van der Waals surface area contributed by atoms with Crippen molar-refractivity contribution in [3.05, 3.63) is 28.7 Å². The Morgan fingerprint density at radius 1 is 1.38 bits per heavy atom. The molecule has 0 spiro atoms. The fourth-order valence-corrected chi connectivity index (χ4v) is 2.40. The molecule has 1 fully saturated rings. The minimum Gasteiger partial charge on any atom is -0.484 e. The summed E-state index contributed by atoms with van der Waals surface area (Å²) in [6, 6.07) is 7.73. The van der Waals surface area contributed by atoms with Gasteiger partial charge in [-0.25, -0.2) is 0 Å². The quantitative estimate of drug-likeness (QED) is 0.842. The predicted octanol–water partition coefficient (Wildman–Crippen LogP) is 1.66. The lowest BCUT2D eigenvalue weighted by Gasteiger charge is -2.32. The summed E-state index contributed by atoms with van der Waals surface area (Å²) in [7, 11) is 0. The highest BCUT2D eigenvalue weighted by atomic mass is 79.9. The van der Waals surface area contributed by atoms with Gasteiger partial charge >= 0.3 is 0 Å². The van der Waals surface area contributed by atoms with Gasteiger partial charge in [0.05, 0.1) is 13.2 Å². The molecule has 1 aromatic carbocycles. The maximum atomic E-state index is 11.8. The van der Waals surface area contributed by atoms with Crippen LogP contribution in [0.1, 0.15) is 6.92 Å². The van der Waals surface area contributed by atoms with Crippen LogP contribution in [0.4, 0.5) is 0 Å². The molecule has 1 saturated heterocycles. The zero-order chi connectivity index (χ0) is 15.1. The Morgan fingerprint density at radius 3 is 2.71 bits per heavy atom. The first kappa shape index (κ1) is 16.3. The van der Waals surface area contributed by atoms with Gasteiger partial charge in [-0.3, -0.25) is 9.69 Å². The van der Waals surface area contributed by atoms with E-state index in [-0.39, 0.29) is 12.5 Å². The second kappa shape index (κ2) is 8.36. The van der Waals surface area contributed by atoms with Gasteiger partial charge in [-0.2, -0.15) is 0 Å². The van der Waals surface area contributed by atoms with Crippen LogP contribution in [0, 0.1) is 0 Å². The van der Waals surface area contributed by atoms with Crippen molar-refractivity contribution < 1.29 is 14.3 Å². The van der Waals surface area contributed by atoms with Crippen molar-refractivity contribution in [3.8, 4) is 5.75 Å². The van der Waals surface area contributed by atoms with Crippen molar-refractivity contribution in [2.45, 2.75) is 13.0 Å². The fourth-order valence-electron chi connectivity index (χ4n) is 2.14. The van der Waals surface area contributed by atoms with Gasteiger partial charge in [0, 0.05) is 30.1 Å². The van der Waals surface area contributed by atoms with Crippen LogP contribution >= 0.6 is 15.9 Å². The van der Waals surface area contributed by atoms with Crippen molar-refractivity contribution in [2.75, 3.05) is 39.5 Å². The second-order valence-electron chi connectivity index (χ2n) is 5.04. The van der Waals surface area contributed by atoms with Gasteiger partial charge in [0.15, 0.2) is 6.61 Å². The van der Waals surface area contributed by atoms with Gasteiger partial charge in [0.2, 0.25) is 0 Å². The fraction of sp³-hybridized carbons (Fsp3) is 0.533. The van der Waals surface area contributed by atoms with Gasteiger partial charge in [-0.15, -0.1) is 0 Å². The largest absolute Gasteiger partial charge is 0.484 e. The van der Waals surface area contributed by atoms with E-state index in [0.717, 1.165) is 30.8 Å². The minimum absolute atomic E-state index is 0.0392. The minimum atomic E-state index is -0.0990. The van der Waals surface area contributed by atoms with Crippen molar-refractivity contribution in [1.82, 2.24) is 10.2 Å². The molecule has 1 aliphatic rings. The number of hydrogen-bond acceptors (Lipinski definition) is 4. The third-order valence-corrected chi connectivity index (χ3v) is 3.98. The number of nitrogens with one attached hydrogen (secondary N) is 1. The summed E-state index contributed by atoms with van der Waals surface area (Å²) in [4.78, 5) is 14.1. The van der Waals surface area contributed by atoms with Crippen molar-refractivity contribution >= 4 is 21.8 Å². The average Bonchev–Trinajstić information content (AvgIpc) is 2.53. The molecule has 1 unspecified atom stereocenters. The molecular formula is C15H21BrN2O3. The highest BCUT2D eigenvalue weighted by molar-refractivity contribution is 9.10. The molecule has 0 aliphatic carbocycles. The van der Waals surface area contributed by atoms with E-state index in [9.17, 15) is 4.79 Å². The predicted molar refractivity (Wildman–Crippen MR) is 84.5 cm³/mol. The standard InChI is InChI=1S/C15H21BrN2O3/c1-12(18-6-8-20-9-7-18)10-17-15(19)11-21-14-4-2-13(16)3-5-14/h2-5,12H,6-11H2,1H3,(H,17,19). The van der Waals surface area contributed by atoms with E-state index < -0.39 is 0 Å². The number of nitrogens with zero attached hydrogens (tertiary/aromatic N) is 1. The van der Waals surface area contributed by atoms with Crippen LogP contribution in [0.2, 0.25) is 0 Å². The molecule has 1 aromatic rings. The Morgan fingerprint density at radius 2 is 2.05 bits per heavy atom. The van der Waals surface area contributed by atoms with Crippen LogP contribution in [0.15, 0.2) is 28.7 Å². The summed E-state index contributed by atoms with van der Waals surface area (Å²) in [5.41, 5.74) is 0. The van der Waals surface area contributed by atoms with Crippen LogP contribution in [0.5, 0.6) is 5.75 Å². The van der Waals surface area contributed by atoms with Crippen LogP contribution in [0.25, 0.3) is 0 Å². The molecule has 21 heavy (non-hydrogen) atoms. The van der Waals surface area contributed by atoms with E-state index >= 15 is 0 Å². The molecule has 1 amide bonds. The number of carbonyl (C=O) groups is 1. The molecule has 1 aliphatic heterocycles. The Hall–Kier alpha value is -1.11.